The Hall–Kier alpha value is -7.79. The van der Waals surface area contributed by atoms with Gasteiger partial charge < -0.3 is 99.8 Å². The van der Waals surface area contributed by atoms with Crippen molar-refractivity contribution >= 4 is 65.7 Å². The van der Waals surface area contributed by atoms with Gasteiger partial charge in [-0.1, -0.05) is 60.7 Å². The molecule has 0 spiro atoms. The van der Waals surface area contributed by atoms with Gasteiger partial charge in [0.2, 0.25) is 0 Å². The maximum absolute atomic E-state index is 13.3. The maximum Gasteiger partial charge on any atom is 0.303 e. The van der Waals surface area contributed by atoms with E-state index in [1.54, 1.807) is 60.7 Å². The minimum absolute atomic E-state index is 0.240. The first-order chi connectivity index (χ1) is 43.6. The van der Waals surface area contributed by atoms with Crippen molar-refractivity contribution in [3.8, 4) is 0 Å². The molecule has 4 saturated heterocycles. The van der Waals surface area contributed by atoms with Crippen LogP contribution in [0.1, 0.15) is 87.3 Å². The summed E-state index contributed by atoms with van der Waals surface area (Å²) in [5, 5.41) is 12.3. The average Bonchev–Trinajstić information content (AvgIpc) is 0.790. The van der Waals surface area contributed by atoms with Crippen molar-refractivity contribution in [2.75, 3.05) is 26.4 Å². The first-order valence-electron chi connectivity index (χ1n) is 28.9. The van der Waals surface area contributed by atoms with Crippen LogP contribution in [0.2, 0.25) is 0 Å². The molecule has 4 aliphatic rings. The molecule has 0 aromatic heterocycles. The molecule has 2 aromatic rings. The number of benzene rings is 2. The monoisotopic (exact) mass is 1310 g/mol. The van der Waals surface area contributed by atoms with Gasteiger partial charge in [0.15, 0.2) is 80.1 Å². The molecule has 4 aliphatic heterocycles. The Morgan fingerprint density at radius 1 is 0.304 bits per heavy atom. The fourth-order valence-corrected chi connectivity index (χ4v) is 10.3. The highest BCUT2D eigenvalue weighted by atomic mass is 16.8. The number of carbonyl (C=O) groups excluding carboxylic acids is 11. The second-order valence-electron chi connectivity index (χ2n) is 21.3. The lowest BCUT2D eigenvalue weighted by molar-refractivity contribution is -0.381. The second-order valence-corrected chi connectivity index (χ2v) is 21.3. The van der Waals surface area contributed by atoms with Crippen molar-refractivity contribution in [2.24, 2.45) is 0 Å². The zero-order valence-corrected chi connectivity index (χ0v) is 52.2. The molecule has 0 aliphatic carbocycles. The van der Waals surface area contributed by atoms with Gasteiger partial charge in [-0.2, -0.15) is 0 Å². The first kappa shape index (κ1) is 73.3. The number of rotatable bonds is 27. The van der Waals surface area contributed by atoms with Crippen LogP contribution < -0.4 is 0 Å². The van der Waals surface area contributed by atoms with E-state index in [4.69, 9.17) is 94.7 Å². The van der Waals surface area contributed by atoms with E-state index in [-0.39, 0.29) is 13.2 Å². The molecule has 0 radical (unpaired) electrons. The number of carbonyl (C=O) groups is 11. The van der Waals surface area contributed by atoms with E-state index in [9.17, 15) is 57.8 Å². The third-order valence-electron chi connectivity index (χ3n) is 13.7. The third kappa shape index (κ3) is 21.7. The highest BCUT2D eigenvalue weighted by Gasteiger charge is 2.60. The van der Waals surface area contributed by atoms with Crippen LogP contribution >= 0.6 is 0 Å². The van der Waals surface area contributed by atoms with Gasteiger partial charge in [-0.3, -0.25) is 52.7 Å². The number of ether oxygens (including phenoxy) is 20. The quantitative estimate of drug-likeness (QED) is 0.0962. The van der Waals surface area contributed by atoms with Crippen LogP contribution in [0.4, 0.5) is 0 Å². The van der Waals surface area contributed by atoms with Crippen LogP contribution in [0, 0.1) is 0 Å². The zero-order chi connectivity index (χ0) is 67.5. The third-order valence-corrected chi connectivity index (χ3v) is 13.7. The van der Waals surface area contributed by atoms with Crippen LogP contribution in [0.3, 0.4) is 0 Å². The molecule has 92 heavy (non-hydrogen) atoms. The first-order valence-corrected chi connectivity index (χ1v) is 28.9. The molecule has 6 rings (SSSR count). The Labute approximate surface area is 527 Å². The van der Waals surface area contributed by atoms with E-state index in [2.05, 4.69) is 0 Å². The lowest BCUT2D eigenvalue weighted by Gasteiger charge is -2.50. The largest absolute Gasteiger partial charge is 0.463 e. The molecule has 0 bridgehead atoms. The number of aliphatic hydroxyl groups is 1. The maximum atomic E-state index is 13.3. The number of hydrogen-bond acceptors (Lipinski definition) is 32. The Morgan fingerprint density at radius 2 is 0.598 bits per heavy atom. The highest BCUT2D eigenvalue weighted by molar-refractivity contribution is 5.71. The summed E-state index contributed by atoms with van der Waals surface area (Å²) in [4.78, 5) is 141. The van der Waals surface area contributed by atoms with Gasteiger partial charge in [-0.15, -0.1) is 0 Å². The van der Waals surface area contributed by atoms with E-state index in [0.29, 0.717) is 11.1 Å². The summed E-state index contributed by atoms with van der Waals surface area (Å²) in [6, 6.07) is 17.1. The molecule has 2 aromatic carbocycles. The Morgan fingerprint density at radius 3 is 0.946 bits per heavy atom. The summed E-state index contributed by atoms with van der Waals surface area (Å²) < 4.78 is 120. The summed E-state index contributed by atoms with van der Waals surface area (Å²) in [7, 11) is 0. The lowest BCUT2D eigenvalue weighted by atomic mass is 9.95. The van der Waals surface area contributed by atoms with Crippen LogP contribution in [0.5, 0.6) is 0 Å². The molecule has 1 N–H and O–H groups in total. The second kappa shape index (κ2) is 34.8. The molecule has 0 unspecified atom stereocenters. The van der Waals surface area contributed by atoms with Gasteiger partial charge in [-0.05, 0) is 11.1 Å². The van der Waals surface area contributed by atoms with Crippen molar-refractivity contribution in [2.45, 2.75) is 212 Å². The molecule has 20 atom stereocenters. The van der Waals surface area contributed by atoms with Crippen molar-refractivity contribution in [3.05, 3.63) is 71.8 Å². The molecular weight excluding hydrogens is 1230 g/mol. The number of hydrogen-bond donors (Lipinski definition) is 1. The molecule has 4 fully saturated rings. The van der Waals surface area contributed by atoms with Crippen LogP contribution in [0.15, 0.2) is 60.7 Å². The van der Waals surface area contributed by atoms with E-state index in [0.717, 1.165) is 76.2 Å². The van der Waals surface area contributed by atoms with Gasteiger partial charge in [-0.25, -0.2) is 0 Å². The number of esters is 11. The molecule has 0 saturated carbocycles. The van der Waals surface area contributed by atoms with Crippen molar-refractivity contribution in [1.82, 2.24) is 0 Å². The number of aliphatic hydroxyl groups excluding tert-OH is 1. The van der Waals surface area contributed by atoms with E-state index >= 15 is 0 Å². The smallest absolute Gasteiger partial charge is 0.303 e. The summed E-state index contributed by atoms with van der Waals surface area (Å²) in [6.07, 6.45) is -35.8. The van der Waals surface area contributed by atoms with Crippen molar-refractivity contribution in [1.29, 1.82) is 0 Å². The Balaban J connectivity index is 1.53. The summed E-state index contributed by atoms with van der Waals surface area (Å²) >= 11 is 0. The molecule has 4 heterocycles. The molecular formula is C60H76O32. The van der Waals surface area contributed by atoms with Gasteiger partial charge >= 0.3 is 65.7 Å². The average molecular weight is 1310 g/mol. The van der Waals surface area contributed by atoms with Gasteiger partial charge in [0, 0.05) is 76.2 Å². The Kier molecular flexibility index (Phi) is 27.7. The fraction of sp³-hybridized carbons (Fsp3) is 0.617. The Bertz CT molecular complexity index is 2850. The predicted molar refractivity (Wildman–Crippen MR) is 297 cm³/mol. The normalized spacial score (nSPS) is 31.0. The minimum atomic E-state index is -2.08. The summed E-state index contributed by atoms with van der Waals surface area (Å²) in [5.41, 5.74) is 1.13. The van der Waals surface area contributed by atoms with E-state index in [1.165, 1.54) is 0 Å². The van der Waals surface area contributed by atoms with E-state index < -0.39 is 215 Å². The molecule has 508 valence electrons. The SMILES string of the molecule is CC(=O)OC[C@H]1O[C@H](O[C@@H]2[C@H](OCc3ccccc3)[C@@H](O)O[C@H](CO[C@H]3O[C@H](COC(C)=O)[C@@H](OC(C)=O)[C@H](OC(C)=O)[C@@H]3O[C@H]3O[C@H](COC(C)=O)[C@@H](OC(C)=O)[C@H](OC(C)=O)[C@@H]3OC(C)=O)[C@H]2OCc2ccccc2)[C@@H](OC(C)=O)[C@@H](OC(C)=O)[C@@H]1OC(C)=O. The van der Waals surface area contributed by atoms with Crippen LogP contribution in [0.25, 0.3) is 0 Å². The highest BCUT2D eigenvalue weighted by Crippen LogP contribution is 2.39. The fourth-order valence-electron chi connectivity index (χ4n) is 10.3. The van der Waals surface area contributed by atoms with Gasteiger partial charge in [0.25, 0.3) is 0 Å². The molecule has 0 amide bonds. The topological polar surface area (TPSA) is 393 Å². The summed E-state index contributed by atoms with van der Waals surface area (Å²) in [6.45, 7) is 7.64. The molecule has 32 nitrogen and oxygen atoms in total. The van der Waals surface area contributed by atoms with Crippen molar-refractivity contribution < 1.29 is 153 Å². The zero-order valence-electron chi connectivity index (χ0n) is 52.2. The molecule has 32 heteroatoms. The lowest BCUT2D eigenvalue weighted by Crippen LogP contribution is -2.68. The van der Waals surface area contributed by atoms with E-state index in [1.807, 2.05) is 0 Å². The van der Waals surface area contributed by atoms with Crippen molar-refractivity contribution in [3.63, 3.8) is 0 Å². The summed E-state index contributed by atoms with van der Waals surface area (Å²) in [5.74, 6) is -10.5. The standard InChI is InChI=1S/C60H76O32/c1-28(61)73-24-42-46(79-31(4)64)50(82-34(7)67)54(92-60-56(86-38(11)71)52(84-36(9)69)48(81-33(6)66)44(90-60)26-75-30(3)63)58(88-42)78-27-41-45(76-22-39-18-14-12-15-19-39)49(53(57(72)87-41)77-23-40-20-16-13-17-21-40)91-59-55(85-37(10)70)51(83-35(8)68)47(80-32(5)65)43(89-59)25-74-29(2)62/h12-21,41-60,72H,22-27H2,1-11H3/t41-,42-,43-,44-,45-,46-,47-,48-,49+,50+,51+,52+,53+,54+,55+,56+,57+,58+,59-,60-/m1/s1. The van der Waals surface area contributed by atoms with Crippen LogP contribution in [-0.2, 0) is 161 Å². The van der Waals surface area contributed by atoms with Crippen LogP contribution in [-0.4, -0.2) is 220 Å². The minimum Gasteiger partial charge on any atom is -0.463 e. The predicted octanol–water partition coefficient (Wildman–Crippen LogP) is 0.979. The van der Waals surface area contributed by atoms with Gasteiger partial charge in [0.1, 0.15) is 62.5 Å². The van der Waals surface area contributed by atoms with Gasteiger partial charge in [0.05, 0.1) is 19.8 Å².